The Hall–Kier alpha value is -3.16. The number of aromatic nitrogens is 1. The van der Waals surface area contributed by atoms with Crippen molar-refractivity contribution in [3.05, 3.63) is 88.1 Å². The van der Waals surface area contributed by atoms with Crippen LogP contribution < -0.4 is 21.3 Å². The highest BCUT2D eigenvalue weighted by molar-refractivity contribution is 7.15. The van der Waals surface area contributed by atoms with Gasteiger partial charge < -0.3 is 21.3 Å². The Morgan fingerprint density at radius 2 is 2.06 bits per heavy atom. The minimum Gasteiger partial charge on any atom is -0.366 e. The molecule has 0 saturated carbocycles. The summed E-state index contributed by atoms with van der Waals surface area (Å²) in [6, 6.07) is 14.2. The van der Waals surface area contributed by atoms with Crippen molar-refractivity contribution < 1.29 is 4.79 Å². The quantitative estimate of drug-likeness (QED) is 0.506. The van der Waals surface area contributed by atoms with Gasteiger partial charge in [0.2, 0.25) is 5.91 Å². The molecule has 0 saturated heterocycles. The van der Waals surface area contributed by atoms with Gasteiger partial charge in [-0.1, -0.05) is 24.3 Å². The topological polar surface area (TPSA) is 83.3 Å². The Balaban J connectivity index is 1.38. The summed E-state index contributed by atoms with van der Waals surface area (Å²) in [5.41, 5.74) is 10.8. The van der Waals surface area contributed by atoms with Gasteiger partial charge in [-0.3, -0.25) is 4.79 Å². The monoisotopic (exact) mass is 433 g/mol. The van der Waals surface area contributed by atoms with E-state index in [0.29, 0.717) is 5.56 Å². The molecule has 0 radical (unpaired) electrons. The van der Waals surface area contributed by atoms with E-state index in [1.54, 1.807) is 11.3 Å². The molecule has 0 atom stereocenters. The van der Waals surface area contributed by atoms with Crippen LogP contribution in [0.3, 0.4) is 0 Å². The van der Waals surface area contributed by atoms with E-state index in [1.807, 2.05) is 43.7 Å². The third-order valence-electron chi connectivity index (χ3n) is 5.34. The fourth-order valence-corrected chi connectivity index (χ4v) is 4.62. The highest BCUT2D eigenvalue weighted by atomic mass is 32.1. The van der Waals surface area contributed by atoms with Crippen LogP contribution in [0.25, 0.3) is 0 Å². The van der Waals surface area contributed by atoms with E-state index in [-0.39, 0.29) is 5.91 Å². The van der Waals surface area contributed by atoms with Gasteiger partial charge in [-0.15, -0.1) is 11.3 Å². The molecular weight excluding hydrogens is 406 g/mol. The third-order valence-corrected chi connectivity index (χ3v) is 6.40. The second kappa shape index (κ2) is 9.76. The Bertz CT molecular complexity index is 1070. The zero-order chi connectivity index (χ0) is 21.6. The summed E-state index contributed by atoms with van der Waals surface area (Å²) in [5, 5.41) is 7.37. The first-order chi connectivity index (χ1) is 15.1. The predicted molar refractivity (Wildman–Crippen MR) is 128 cm³/mol. The van der Waals surface area contributed by atoms with Gasteiger partial charge >= 0.3 is 0 Å². The van der Waals surface area contributed by atoms with Gasteiger partial charge in [0, 0.05) is 48.4 Å². The lowest BCUT2D eigenvalue weighted by Crippen LogP contribution is -2.30. The number of carbonyl (C=O) groups is 1. The van der Waals surface area contributed by atoms with Gasteiger partial charge in [-0.25, -0.2) is 4.98 Å². The zero-order valence-corrected chi connectivity index (χ0v) is 18.4. The summed E-state index contributed by atoms with van der Waals surface area (Å²) in [4.78, 5) is 19.7. The summed E-state index contributed by atoms with van der Waals surface area (Å²) in [6.45, 7) is 2.52. The number of hydrogen-bond donors (Lipinski definition) is 3. The van der Waals surface area contributed by atoms with Crippen molar-refractivity contribution in [3.63, 3.8) is 0 Å². The third kappa shape index (κ3) is 5.31. The number of amides is 1. The maximum absolute atomic E-state index is 11.5. The normalized spacial score (nSPS) is 13.4. The number of carbonyl (C=O) groups excluding carboxylic acids is 1. The number of rotatable bonds is 8. The maximum atomic E-state index is 11.5. The molecule has 2 aromatic carbocycles. The number of likely N-dealkylation sites (N-methyl/N-ethyl adjacent to an activating group) is 1. The van der Waals surface area contributed by atoms with Crippen LogP contribution in [0.5, 0.6) is 0 Å². The summed E-state index contributed by atoms with van der Waals surface area (Å²) >= 11 is 1.73. The van der Waals surface area contributed by atoms with E-state index in [4.69, 9.17) is 5.73 Å². The molecule has 6 nitrogen and oxygen atoms in total. The van der Waals surface area contributed by atoms with E-state index in [9.17, 15) is 4.79 Å². The van der Waals surface area contributed by atoms with E-state index in [2.05, 4.69) is 44.8 Å². The summed E-state index contributed by atoms with van der Waals surface area (Å²) in [7, 11) is 1.92. The van der Waals surface area contributed by atoms with Crippen LogP contribution in [0.15, 0.2) is 60.9 Å². The largest absolute Gasteiger partial charge is 0.366 e. The fraction of sp³-hybridized carbons (Fsp3) is 0.250. The first-order valence-electron chi connectivity index (χ1n) is 10.4. The van der Waals surface area contributed by atoms with Crippen LogP contribution in [0.2, 0.25) is 0 Å². The van der Waals surface area contributed by atoms with Crippen molar-refractivity contribution in [1.82, 2.24) is 10.3 Å². The number of anilines is 2. The molecule has 0 bridgehead atoms. The molecular formula is C24H27N5OS. The number of fused-ring (bicyclic) bond motifs is 1. The van der Waals surface area contributed by atoms with Crippen molar-refractivity contribution in [2.75, 3.05) is 30.4 Å². The van der Waals surface area contributed by atoms with Crippen molar-refractivity contribution in [3.8, 4) is 0 Å². The molecule has 4 rings (SSSR count). The number of benzene rings is 2. The van der Waals surface area contributed by atoms with Crippen molar-refractivity contribution in [1.29, 1.82) is 0 Å². The highest BCUT2D eigenvalue weighted by Gasteiger charge is 2.20. The molecule has 0 spiro atoms. The number of thiazole rings is 1. The average molecular weight is 434 g/mol. The molecule has 160 valence electrons. The van der Waals surface area contributed by atoms with Crippen LogP contribution in [-0.4, -0.2) is 31.0 Å². The number of nitrogens with zero attached hydrogens (tertiary/aromatic N) is 2. The minimum absolute atomic E-state index is 0.383. The molecule has 1 aliphatic rings. The predicted octanol–water partition coefficient (Wildman–Crippen LogP) is 3.54. The SMILES string of the molecule is CNC/C=C\Nc1ccc(Cc2cnc(N3CCc4ccc(C(N)=O)cc4C3)s2)cc1. The lowest BCUT2D eigenvalue weighted by atomic mass is 9.97. The van der Waals surface area contributed by atoms with Crippen LogP contribution in [0.1, 0.15) is 31.9 Å². The summed E-state index contributed by atoms with van der Waals surface area (Å²) < 4.78 is 0. The number of nitrogens with two attached hydrogens (primary N) is 1. The van der Waals surface area contributed by atoms with Crippen LogP contribution in [0, 0.1) is 0 Å². The van der Waals surface area contributed by atoms with Gasteiger partial charge in [0.05, 0.1) is 0 Å². The van der Waals surface area contributed by atoms with Gasteiger partial charge in [-0.2, -0.15) is 0 Å². The zero-order valence-electron chi connectivity index (χ0n) is 17.6. The molecule has 1 amide bonds. The van der Waals surface area contributed by atoms with Crippen molar-refractivity contribution in [2.45, 2.75) is 19.4 Å². The minimum atomic E-state index is -0.383. The van der Waals surface area contributed by atoms with E-state index < -0.39 is 0 Å². The molecule has 1 aliphatic heterocycles. The van der Waals surface area contributed by atoms with E-state index in [1.165, 1.54) is 16.0 Å². The molecule has 31 heavy (non-hydrogen) atoms. The van der Waals surface area contributed by atoms with Crippen molar-refractivity contribution in [2.24, 2.45) is 5.73 Å². The fourth-order valence-electron chi connectivity index (χ4n) is 3.65. The maximum Gasteiger partial charge on any atom is 0.248 e. The molecule has 2 heterocycles. The number of nitrogens with one attached hydrogen (secondary N) is 2. The average Bonchev–Trinajstić information content (AvgIpc) is 3.25. The second-order valence-electron chi connectivity index (χ2n) is 7.61. The summed E-state index contributed by atoms with van der Waals surface area (Å²) in [5.74, 6) is -0.383. The Kier molecular flexibility index (Phi) is 6.64. The van der Waals surface area contributed by atoms with Crippen LogP contribution in [-0.2, 0) is 19.4 Å². The lowest BCUT2D eigenvalue weighted by molar-refractivity contribution is 0.1000. The Morgan fingerprint density at radius 3 is 2.84 bits per heavy atom. The first-order valence-corrected chi connectivity index (χ1v) is 11.2. The van der Waals surface area contributed by atoms with Crippen LogP contribution >= 0.6 is 11.3 Å². The lowest BCUT2D eigenvalue weighted by Gasteiger charge is -2.28. The van der Waals surface area contributed by atoms with Gasteiger partial charge in [-0.05, 0) is 60.6 Å². The van der Waals surface area contributed by atoms with Gasteiger partial charge in [0.15, 0.2) is 5.13 Å². The van der Waals surface area contributed by atoms with Gasteiger partial charge in [0.1, 0.15) is 0 Å². The highest BCUT2D eigenvalue weighted by Crippen LogP contribution is 2.30. The molecule has 7 heteroatoms. The second-order valence-corrected chi connectivity index (χ2v) is 8.70. The number of hydrogen-bond acceptors (Lipinski definition) is 6. The molecule has 0 aliphatic carbocycles. The van der Waals surface area contributed by atoms with Crippen molar-refractivity contribution >= 4 is 28.1 Å². The molecule has 3 aromatic rings. The molecule has 0 fully saturated rings. The molecule has 0 unspecified atom stereocenters. The number of primary amides is 1. The molecule has 4 N–H and O–H groups in total. The Labute approximate surface area is 186 Å². The molecule has 1 aromatic heterocycles. The Morgan fingerprint density at radius 1 is 1.23 bits per heavy atom. The summed E-state index contributed by atoms with van der Waals surface area (Å²) in [6.07, 6.45) is 7.77. The smallest absolute Gasteiger partial charge is 0.248 e. The van der Waals surface area contributed by atoms with Gasteiger partial charge in [0.25, 0.3) is 0 Å². The standard InChI is InChI=1S/C24H27N5OS/c1-26-10-2-11-27-21-7-3-17(4-8-21)13-22-15-28-24(31-22)29-12-9-18-5-6-19(23(25)30)14-20(18)16-29/h2-8,11,14-15,26-27H,9-10,12-13,16H2,1H3,(H2,25,30)/b11-2-. The first kappa shape index (κ1) is 21.1. The van der Waals surface area contributed by atoms with E-state index >= 15 is 0 Å². The van der Waals surface area contributed by atoms with Crippen LogP contribution in [0.4, 0.5) is 10.8 Å². The van der Waals surface area contributed by atoms with E-state index in [0.717, 1.165) is 48.9 Å².